The SMILES string of the molecule is CC(C)(C)OC(=O)NC(COc1cccc(OC(F)(F)F)c1C(=O)O)Cc1ccccc1. The monoisotopic (exact) mass is 455 g/mol. The predicted octanol–water partition coefficient (Wildman–Crippen LogP) is 4.80. The number of halogens is 3. The molecule has 0 heterocycles. The molecule has 0 fully saturated rings. The first-order chi connectivity index (χ1) is 14.8. The molecule has 0 aromatic heterocycles. The zero-order chi connectivity index (χ0) is 23.9. The fourth-order valence-electron chi connectivity index (χ4n) is 2.77. The van der Waals surface area contributed by atoms with Gasteiger partial charge >= 0.3 is 18.4 Å². The number of benzene rings is 2. The highest BCUT2D eigenvalue weighted by molar-refractivity contribution is 5.94. The molecule has 174 valence electrons. The van der Waals surface area contributed by atoms with Crippen LogP contribution in [0.5, 0.6) is 11.5 Å². The second-order valence-corrected chi connectivity index (χ2v) is 7.83. The summed E-state index contributed by atoms with van der Waals surface area (Å²) in [4.78, 5) is 23.8. The molecule has 2 rings (SSSR count). The number of alkyl carbamates (subject to hydrolysis) is 1. The summed E-state index contributed by atoms with van der Waals surface area (Å²) in [7, 11) is 0. The average molecular weight is 455 g/mol. The quantitative estimate of drug-likeness (QED) is 0.594. The molecule has 32 heavy (non-hydrogen) atoms. The molecule has 0 aliphatic heterocycles. The van der Waals surface area contributed by atoms with Crippen molar-refractivity contribution < 1.29 is 42.1 Å². The maximum Gasteiger partial charge on any atom is 0.573 e. The van der Waals surface area contributed by atoms with Gasteiger partial charge in [-0.1, -0.05) is 36.4 Å². The Bertz CT molecular complexity index is 925. The van der Waals surface area contributed by atoms with E-state index in [0.717, 1.165) is 11.6 Å². The fraction of sp³-hybridized carbons (Fsp3) is 0.364. The van der Waals surface area contributed by atoms with E-state index in [4.69, 9.17) is 9.47 Å². The van der Waals surface area contributed by atoms with Crippen LogP contribution in [0.4, 0.5) is 18.0 Å². The van der Waals surface area contributed by atoms with Crippen LogP contribution >= 0.6 is 0 Å². The van der Waals surface area contributed by atoms with Gasteiger partial charge in [0.25, 0.3) is 0 Å². The Labute approximate surface area is 183 Å². The second kappa shape index (κ2) is 10.3. The third-order valence-corrected chi connectivity index (χ3v) is 3.91. The highest BCUT2D eigenvalue weighted by Gasteiger charge is 2.34. The maximum absolute atomic E-state index is 12.6. The highest BCUT2D eigenvalue weighted by Crippen LogP contribution is 2.32. The van der Waals surface area contributed by atoms with Crippen LogP contribution in [0.3, 0.4) is 0 Å². The summed E-state index contributed by atoms with van der Waals surface area (Å²) in [6, 6.07) is 11.7. The largest absolute Gasteiger partial charge is 0.573 e. The van der Waals surface area contributed by atoms with E-state index in [1.165, 1.54) is 12.1 Å². The Morgan fingerprint density at radius 3 is 2.19 bits per heavy atom. The molecule has 2 N–H and O–H groups in total. The maximum atomic E-state index is 12.6. The van der Waals surface area contributed by atoms with E-state index in [1.807, 2.05) is 18.2 Å². The number of rotatable bonds is 8. The standard InChI is InChI=1S/C22H24F3NO6/c1-21(2,3)32-20(29)26-15(12-14-8-5-4-6-9-14)13-30-16-10-7-11-17(18(16)19(27)28)31-22(23,24)25/h4-11,15H,12-13H2,1-3H3,(H,26,29)(H,27,28). The van der Waals surface area contributed by atoms with Gasteiger partial charge in [-0.25, -0.2) is 9.59 Å². The Hall–Kier alpha value is -3.43. The van der Waals surface area contributed by atoms with Crippen LogP contribution in [0.25, 0.3) is 0 Å². The van der Waals surface area contributed by atoms with Gasteiger partial charge in [0.1, 0.15) is 29.3 Å². The Kier molecular flexibility index (Phi) is 7.96. The highest BCUT2D eigenvalue weighted by atomic mass is 19.4. The normalized spacial score (nSPS) is 12.6. The van der Waals surface area contributed by atoms with E-state index in [-0.39, 0.29) is 12.4 Å². The number of aromatic carboxylic acids is 1. The average Bonchev–Trinajstić information content (AvgIpc) is 2.64. The molecule has 1 unspecified atom stereocenters. The number of alkyl halides is 3. The zero-order valence-corrected chi connectivity index (χ0v) is 17.7. The van der Waals surface area contributed by atoms with E-state index in [1.54, 1.807) is 32.9 Å². The van der Waals surface area contributed by atoms with Gasteiger partial charge in [0, 0.05) is 0 Å². The van der Waals surface area contributed by atoms with Crippen molar-refractivity contribution >= 4 is 12.1 Å². The lowest BCUT2D eigenvalue weighted by molar-refractivity contribution is -0.274. The van der Waals surface area contributed by atoms with Crippen LogP contribution in [-0.2, 0) is 11.2 Å². The van der Waals surface area contributed by atoms with Crippen molar-refractivity contribution in [1.82, 2.24) is 5.32 Å². The molecule has 1 atom stereocenters. The van der Waals surface area contributed by atoms with Crippen molar-refractivity contribution in [3.05, 3.63) is 59.7 Å². The van der Waals surface area contributed by atoms with E-state index in [9.17, 15) is 27.9 Å². The number of ether oxygens (including phenoxy) is 3. The van der Waals surface area contributed by atoms with Gasteiger partial charge in [0.2, 0.25) is 0 Å². The zero-order valence-electron chi connectivity index (χ0n) is 17.7. The molecule has 0 aliphatic rings. The van der Waals surface area contributed by atoms with Crippen molar-refractivity contribution in [2.45, 2.75) is 45.2 Å². The Morgan fingerprint density at radius 1 is 1.00 bits per heavy atom. The van der Waals surface area contributed by atoms with Gasteiger partial charge in [-0.2, -0.15) is 0 Å². The number of hydrogen-bond acceptors (Lipinski definition) is 5. The van der Waals surface area contributed by atoms with Gasteiger partial charge in [-0.3, -0.25) is 0 Å². The van der Waals surface area contributed by atoms with Crippen LogP contribution in [-0.4, -0.2) is 41.8 Å². The summed E-state index contributed by atoms with van der Waals surface area (Å²) in [5.41, 5.74) is -0.674. The van der Waals surface area contributed by atoms with Crippen molar-refractivity contribution in [2.24, 2.45) is 0 Å². The van der Waals surface area contributed by atoms with Crippen molar-refractivity contribution in [2.75, 3.05) is 6.61 Å². The minimum atomic E-state index is -5.07. The van der Waals surface area contributed by atoms with E-state index < -0.39 is 41.4 Å². The van der Waals surface area contributed by atoms with Gasteiger partial charge in [-0.15, -0.1) is 13.2 Å². The molecular formula is C22H24F3NO6. The predicted molar refractivity (Wildman–Crippen MR) is 109 cm³/mol. The summed E-state index contributed by atoms with van der Waals surface area (Å²) in [5, 5.41) is 12.0. The minimum absolute atomic E-state index is 0.232. The molecule has 0 spiro atoms. The number of amides is 1. The van der Waals surface area contributed by atoms with E-state index >= 15 is 0 Å². The van der Waals surface area contributed by atoms with Crippen LogP contribution in [0, 0.1) is 0 Å². The number of carboxylic acids is 1. The first-order valence-corrected chi connectivity index (χ1v) is 9.62. The summed E-state index contributed by atoms with van der Waals surface area (Å²) in [6.07, 6.45) is -5.48. The van der Waals surface area contributed by atoms with Crippen molar-refractivity contribution in [1.29, 1.82) is 0 Å². The number of hydrogen-bond donors (Lipinski definition) is 2. The summed E-state index contributed by atoms with van der Waals surface area (Å²) in [5.74, 6) is -2.88. The number of carbonyl (C=O) groups excluding carboxylic acids is 1. The molecule has 0 bridgehead atoms. The summed E-state index contributed by atoms with van der Waals surface area (Å²) >= 11 is 0. The third kappa shape index (κ3) is 8.37. The molecule has 2 aromatic carbocycles. The van der Waals surface area contributed by atoms with E-state index in [0.29, 0.717) is 6.42 Å². The lowest BCUT2D eigenvalue weighted by Crippen LogP contribution is -2.43. The van der Waals surface area contributed by atoms with Gasteiger partial charge in [0.15, 0.2) is 0 Å². The lowest BCUT2D eigenvalue weighted by atomic mass is 10.1. The molecule has 7 nitrogen and oxygen atoms in total. The van der Waals surface area contributed by atoms with Crippen LogP contribution in [0.2, 0.25) is 0 Å². The molecular weight excluding hydrogens is 431 g/mol. The summed E-state index contributed by atoms with van der Waals surface area (Å²) in [6.45, 7) is 4.85. The molecule has 0 aliphatic carbocycles. The van der Waals surface area contributed by atoms with Crippen LogP contribution in [0.1, 0.15) is 36.7 Å². The third-order valence-electron chi connectivity index (χ3n) is 3.91. The summed E-state index contributed by atoms with van der Waals surface area (Å²) < 4.78 is 52.5. The molecule has 0 saturated carbocycles. The fourth-order valence-corrected chi connectivity index (χ4v) is 2.77. The number of carbonyl (C=O) groups is 2. The second-order valence-electron chi connectivity index (χ2n) is 7.83. The molecule has 1 amide bonds. The first-order valence-electron chi connectivity index (χ1n) is 9.62. The van der Waals surface area contributed by atoms with Crippen molar-refractivity contribution in [3.63, 3.8) is 0 Å². The van der Waals surface area contributed by atoms with Crippen LogP contribution < -0.4 is 14.8 Å². The van der Waals surface area contributed by atoms with E-state index in [2.05, 4.69) is 10.1 Å². The molecule has 2 aromatic rings. The Morgan fingerprint density at radius 2 is 1.62 bits per heavy atom. The Balaban J connectivity index is 2.23. The molecule has 0 radical (unpaired) electrons. The van der Waals surface area contributed by atoms with Gasteiger partial charge in [-0.05, 0) is 44.9 Å². The number of nitrogens with one attached hydrogen (secondary N) is 1. The van der Waals surface area contributed by atoms with Crippen LogP contribution in [0.15, 0.2) is 48.5 Å². The molecule has 0 saturated heterocycles. The number of carboxylic acid groups (broad SMARTS) is 1. The van der Waals surface area contributed by atoms with Crippen molar-refractivity contribution in [3.8, 4) is 11.5 Å². The first kappa shape index (κ1) is 24.8. The van der Waals surface area contributed by atoms with Gasteiger partial charge in [0.05, 0.1) is 6.04 Å². The topological polar surface area (TPSA) is 94.1 Å². The molecule has 10 heteroatoms. The minimum Gasteiger partial charge on any atom is -0.490 e. The van der Waals surface area contributed by atoms with Gasteiger partial charge < -0.3 is 24.6 Å². The lowest BCUT2D eigenvalue weighted by Gasteiger charge is -2.24. The smallest absolute Gasteiger partial charge is 0.490 e.